The van der Waals surface area contributed by atoms with Crippen LogP contribution in [0.5, 0.6) is 5.75 Å². The summed E-state index contributed by atoms with van der Waals surface area (Å²) in [4.78, 5) is 7.25. The van der Waals surface area contributed by atoms with Gasteiger partial charge in [-0.15, -0.1) is 0 Å². The van der Waals surface area contributed by atoms with Crippen molar-refractivity contribution in [2.75, 3.05) is 25.5 Å². The molecule has 0 aliphatic carbocycles. The number of methoxy groups -OCH3 is 1. The van der Waals surface area contributed by atoms with Crippen LogP contribution in [0.2, 0.25) is 0 Å². The number of aromatic nitrogens is 1. The van der Waals surface area contributed by atoms with Crippen molar-refractivity contribution in [3.05, 3.63) is 42.6 Å². The molecule has 5 rings (SSSR count). The highest BCUT2D eigenvalue weighted by atomic mass is 16.5. The minimum Gasteiger partial charge on any atom is -0.497 e. The third-order valence-electron chi connectivity index (χ3n) is 5.64. The first-order chi connectivity index (χ1) is 11.7. The van der Waals surface area contributed by atoms with E-state index >= 15 is 0 Å². The Hall–Kier alpha value is -2.07. The van der Waals surface area contributed by atoms with E-state index in [0.717, 1.165) is 28.6 Å². The molecule has 0 spiro atoms. The van der Waals surface area contributed by atoms with Crippen LogP contribution < -0.4 is 10.1 Å². The summed E-state index contributed by atoms with van der Waals surface area (Å²) in [7, 11) is 1.69. The van der Waals surface area contributed by atoms with E-state index in [9.17, 15) is 0 Å². The Morgan fingerprint density at radius 2 is 2.00 bits per heavy atom. The van der Waals surface area contributed by atoms with Gasteiger partial charge in [-0.3, -0.25) is 9.88 Å². The maximum absolute atomic E-state index is 5.30. The Labute approximate surface area is 143 Å². The quantitative estimate of drug-likeness (QED) is 0.932. The van der Waals surface area contributed by atoms with E-state index in [1.165, 1.54) is 25.9 Å². The highest BCUT2D eigenvalue weighted by Gasteiger charge is 2.39. The van der Waals surface area contributed by atoms with Crippen molar-refractivity contribution in [3.63, 3.8) is 0 Å². The maximum atomic E-state index is 5.30. The summed E-state index contributed by atoms with van der Waals surface area (Å²) in [5.74, 6) is 1.65. The lowest BCUT2D eigenvalue weighted by Crippen LogP contribution is -2.59. The molecule has 1 N–H and O–H groups in total. The number of nitrogens with zero attached hydrogens (tertiary/aromatic N) is 2. The minimum atomic E-state index is 0.539. The highest BCUT2D eigenvalue weighted by Crippen LogP contribution is 2.34. The van der Waals surface area contributed by atoms with Gasteiger partial charge >= 0.3 is 0 Å². The molecule has 24 heavy (non-hydrogen) atoms. The van der Waals surface area contributed by atoms with Crippen molar-refractivity contribution in [2.45, 2.75) is 31.8 Å². The molecule has 2 atom stereocenters. The summed E-state index contributed by atoms with van der Waals surface area (Å²) < 4.78 is 5.30. The number of ether oxygens (including phenoxy) is 1. The molecule has 3 aliphatic heterocycles. The summed E-state index contributed by atoms with van der Waals surface area (Å²) in [6.07, 6.45) is 4.59. The van der Waals surface area contributed by atoms with Crippen molar-refractivity contribution in [1.29, 1.82) is 0 Å². The Balaban J connectivity index is 1.50. The first kappa shape index (κ1) is 15.5. The van der Waals surface area contributed by atoms with Crippen molar-refractivity contribution in [2.24, 2.45) is 5.92 Å². The first-order valence-corrected chi connectivity index (χ1v) is 8.85. The number of hydrogen-bond donors (Lipinski definition) is 1. The molecule has 0 radical (unpaired) electrons. The van der Waals surface area contributed by atoms with Gasteiger partial charge < -0.3 is 10.1 Å². The number of hydrogen-bond acceptors (Lipinski definition) is 4. The van der Waals surface area contributed by atoms with Crippen LogP contribution in [0.4, 0.5) is 5.69 Å². The van der Waals surface area contributed by atoms with Crippen LogP contribution in [0.1, 0.15) is 19.8 Å². The molecule has 126 valence electrons. The average Bonchev–Trinajstić information content (AvgIpc) is 2.65. The van der Waals surface area contributed by atoms with Gasteiger partial charge in [0.15, 0.2) is 0 Å². The average molecular weight is 323 g/mol. The monoisotopic (exact) mass is 323 g/mol. The predicted molar refractivity (Wildman–Crippen MR) is 97.4 cm³/mol. The third kappa shape index (κ3) is 2.86. The molecule has 1 aromatic heterocycles. The van der Waals surface area contributed by atoms with Crippen LogP contribution in [0.25, 0.3) is 11.3 Å². The van der Waals surface area contributed by atoms with Gasteiger partial charge in [0.05, 0.1) is 24.7 Å². The van der Waals surface area contributed by atoms with Gasteiger partial charge in [-0.25, -0.2) is 0 Å². The highest BCUT2D eigenvalue weighted by molar-refractivity contribution is 5.63. The van der Waals surface area contributed by atoms with E-state index in [1.807, 2.05) is 24.4 Å². The Morgan fingerprint density at radius 1 is 1.17 bits per heavy atom. The van der Waals surface area contributed by atoms with Crippen LogP contribution in [-0.4, -0.2) is 42.2 Å². The normalized spacial score (nSPS) is 28.6. The van der Waals surface area contributed by atoms with E-state index in [0.29, 0.717) is 12.1 Å². The minimum absolute atomic E-state index is 0.539. The van der Waals surface area contributed by atoms with Crippen LogP contribution >= 0.6 is 0 Å². The largest absolute Gasteiger partial charge is 0.497 e. The van der Waals surface area contributed by atoms with Gasteiger partial charge in [0, 0.05) is 17.6 Å². The fraction of sp³-hybridized carbons (Fsp3) is 0.450. The van der Waals surface area contributed by atoms with Crippen LogP contribution in [-0.2, 0) is 0 Å². The number of piperidine rings is 3. The summed E-state index contributed by atoms with van der Waals surface area (Å²) in [6, 6.07) is 13.4. The molecule has 0 amide bonds. The Morgan fingerprint density at radius 3 is 2.67 bits per heavy atom. The number of nitrogens with one attached hydrogen (secondary N) is 1. The van der Waals surface area contributed by atoms with Crippen molar-refractivity contribution in [1.82, 2.24) is 9.88 Å². The lowest BCUT2D eigenvalue weighted by molar-refractivity contribution is 0.0458. The number of rotatable bonds is 4. The van der Waals surface area contributed by atoms with E-state index in [4.69, 9.17) is 4.74 Å². The van der Waals surface area contributed by atoms with Gasteiger partial charge in [-0.1, -0.05) is 12.1 Å². The zero-order valence-corrected chi connectivity index (χ0v) is 14.4. The molecule has 2 aromatic rings. The maximum Gasteiger partial charge on any atom is 0.119 e. The number of fused-ring (bicyclic) bond motifs is 3. The molecule has 2 bridgehead atoms. The molecule has 4 heteroatoms. The number of benzene rings is 1. The molecule has 3 aliphatic rings. The van der Waals surface area contributed by atoms with E-state index in [2.05, 4.69) is 40.3 Å². The molecule has 4 heterocycles. The van der Waals surface area contributed by atoms with Crippen LogP contribution in [0.3, 0.4) is 0 Å². The second-order valence-corrected chi connectivity index (χ2v) is 6.95. The fourth-order valence-electron chi connectivity index (χ4n) is 4.17. The molecule has 0 unspecified atom stereocenters. The Kier molecular flexibility index (Phi) is 4.15. The topological polar surface area (TPSA) is 37.4 Å². The summed E-state index contributed by atoms with van der Waals surface area (Å²) in [6.45, 7) is 4.87. The van der Waals surface area contributed by atoms with Crippen molar-refractivity contribution >= 4 is 5.69 Å². The smallest absolute Gasteiger partial charge is 0.119 e. The summed E-state index contributed by atoms with van der Waals surface area (Å²) in [5, 5.41) is 3.73. The van der Waals surface area contributed by atoms with Gasteiger partial charge in [-0.2, -0.15) is 0 Å². The lowest BCUT2D eigenvalue weighted by Gasteiger charge is -2.50. The van der Waals surface area contributed by atoms with Gasteiger partial charge in [0.1, 0.15) is 5.75 Å². The predicted octanol–water partition coefficient (Wildman–Crippen LogP) is 3.65. The lowest BCUT2D eigenvalue weighted by atomic mass is 9.79. The fourth-order valence-corrected chi connectivity index (χ4v) is 4.17. The van der Waals surface area contributed by atoms with E-state index < -0.39 is 0 Å². The van der Waals surface area contributed by atoms with Crippen LogP contribution in [0, 0.1) is 5.92 Å². The second kappa shape index (κ2) is 6.44. The number of pyridine rings is 1. The van der Waals surface area contributed by atoms with Gasteiger partial charge in [-0.05, 0) is 63.0 Å². The van der Waals surface area contributed by atoms with E-state index in [-0.39, 0.29) is 0 Å². The Bertz CT molecular complexity index is 690. The summed E-state index contributed by atoms with van der Waals surface area (Å²) in [5.41, 5.74) is 3.17. The molecular formula is C20H25N3O. The molecular weight excluding hydrogens is 298 g/mol. The molecule has 0 saturated carbocycles. The van der Waals surface area contributed by atoms with E-state index in [1.54, 1.807) is 7.11 Å². The zero-order valence-electron chi connectivity index (χ0n) is 14.4. The molecule has 3 fully saturated rings. The third-order valence-corrected chi connectivity index (χ3v) is 5.64. The van der Waals surface area contributed by atoms with Crippen molar-refractivity contribution < 1.29 is 4.74 Å². The first-order valence-electron chi connectivity index (χ1n) is 8.85. The SMILES string of the molecule is COc1cccc(-c2ccc(N[C@@H]3C4CCN(CC4)[C@@H]3C)cn2)c1. The molecule has 1 aromatic carbocycles. The van der Waals surface area contributed by atoms with Crippen molar-refractivity contribution in [3.8, 4) is 17.0 Å². The molecule has 3 saturated heterocycles. The van der Waals surface area contributed by atoms with Gasteiger partial charge in [0.2, 0.25) is 0 Å². The van der Waals surface area contributed by atoms with Gasteiger partial charge in [0.25, 0.3) is 0 Å². The number of anilines is 1. The standard InChI is InChI=1S/C20H25N3O/c1-14-20(15-8-10-23(14)11-9-15)22-17-6-7-19(21-13-17)16-4-3-5-18(12-16)24-2/h3-7,12-15,20,22H,8-11H2,1-2H3/t14-,20+/m1/s1. The second-order valence-electron chi connectivity index (χ2n) is 6.95. The van der Waals surface area contributed by atoms with Crippen LogP contribution in [0.15, 0.2) is 42.6 Å². The summed E-state index contributed by atoms with van der Waals surface area (Å²) >= 11 is 0. The molecule has 4 nitrogen and oxygen atoms in total. The zero-order chi connectivity index (χ0) is 16.5.